The number of carboxylic acids is 1. The van der Waals surface area contributed by atoms with Gasteiger partial charge in [0.25, 0.3) is 5.69 Å². The van der Waals surface area contributed by atoms with E-state index in [2.05, 4.69) is 15.0 Å². The summed E-state index contributed by atoms with van der Waals surface area (Å²) in [6.45, 7) is 0. The van der Waals surface area contributed by atoms with Crippen LogP contribution in [-0.2, 0) is 0 Å². The predicted molar refractivity (Wildman–Crippen MR) is 68.5 cm³/mol. The van der Waals surface area contributed by atoms with Crippen LogP contribution in [0.25, 0.3) is 21.9 Å². The summed E-state index contributed by atoms with van der Waals surface area (Å²) in [5.41, 5.74) is -0.235. The molecule has 0 saturated carbocycles. The van der Waals surface area contributed by atoms with E-state index in [9.17, 15) is 20.0 Å². The lowest BCUT2D eigenvalue weighted by Gasteiger charge is -2.05. The van der Waals surface area contributed by atoms with E-state index in [1.54, 1.807) is 0 Å². The maximum Gasteiger partial charge on any atom is 0.355 e. The average Bonchev–Trinajstić information content (AvgIpc) is 2.45. The van der Waals surface area contributed by atoms with Gasteiger partial charge in [0.1, 0.15) is 5.52 Å². The molecule has 0 radical (unpaired) electrons. The fourth-order valence-electron chi connectivity index (χ4n) is 2.06. The standard InChI is InChI=1S/C12H6N4O4/c17-12(18)9-6-2-1-3-7(16(19)20)8(6)10-11(15-9)14-5-4-13-10/h1-5H,(H,17,18). The highest BCUT2D eigenvalue weighted by Gasteiger charge is 2.21. The largest absolute Gasteiger partial charge is 0.476 e. The van der Waals surface area contributed by atoms with Crippen molar-refractivity contribution in [3.8, 4) is 0 Å². The minimum Gasteiger partial charge on any atom is -0.476 e. The van der Waals surface area contributed by atoms with Crippen LogP contribution in [0.3, 0.4) is 0 Å². The van der Waals surface area contributed by atoms with Crippen LogP contribution in [0, 0.1) is 10.1 Å². The van der Waals surface area contributed by atoms with Crippen molar-refractivity contribution < 1.29 is 14.8 Å². The minimum atomic E-state index is -1.27. The Labute approximate surface area is 110 Å². The lowest BCUT2D eigenvalue weighted by Crippen LogP contribution is -2.04. The number of hydrogen-bond acceptors (Lipinski definition) is 6. The van der Waals surface area contributed by atoms with Crippen LogP contribution < -0.4 is 0 Å². The topological polar surface area (TPSA) is 119 Å². The molecule has 0 fully saturated rings. The van der Waals surface area contributed by atoms with Crippen LogP contribution in [0.5, 0.6) is 0 Å². The molecule has 20 heavy (non-hydrogen) atoms. The Bertz CT molecular complexity index is 866. The Morgan fingerprint density at radius 2 is 2.00 bits per heavy atom. The number of aromatic nitrogens is 3. The molecule has 8 nitrogen and oxygen atoms in total. The van der Waals surface area contributed by atoms with E-state index in [4.69, 9.17) is 0 Å². The second kappa shape index (κ2) is 4.19. The molecular formula is C12H6N4O4. The SMILES string of the molecule is O=C(O)c1nc2nccnc2c2c([N+](=O)[O-])cccc12. The number of hydrogen-bond donors (Lipinski definition) is 1. The number of nitro benzene ring substituents is 1. The molecule has 0 spiro atoms. The zero-order valence-electron chi connectivity index (χ0n) is 9.85. The first-order chi connectivity index (χ1) is 9.59. The lowest BCUT2D eigenvalue weighted by atomic mass is 10.1. The summed E-state index contributed by atoms with van der Waals surface area (Å²) in [5, 5.41) is 20.6. The summed E-state index contributed by atoms with van der Waals surface area (Å²) in [4.78, 5) is 33.7. The first-order valence-corrected chi connectivity index (χ1v) is 5.50. The third-order valence-corrected chi connectivity index (χ3v) is 2.83. The van der Waals surface area contributed by atoms with Crippen LogP contribution in [0.4, 0.5) is 5.69 Å². The van der Waals surface area contributed by atoms with Gasteiger partial charge in [0.05, 0.1) is 10.3 Å². The Morgan fingerprint density at radius 1 is 1.25 bits per heavy atom. The van der Waals surface area contributed by atoms with Gasteiger partial charge in [-0.2, -0.15) is 0 Å². The van der Waals surface area contributed by atoms with Gasteiger partial charge < -0.3 is 5.11 Å². The van der Waals surface area contributed by atoms with Gasteiger partial charge in [-0.15, -0.1) is 0 Å². The summed E-state index contributed by atoms with van der Waals surface area (Å²) in [6.07, 6.45) is 2.72. The summed E-state index contributed by atoms with van der Waals surface area (Å²) in [7, 11) is 0. The molecule has 1 aromatic carbocycles. The van der Waals surface area contributed by atoms with Crippen molar-refractivity contribution in [3.63, 3.8) is 0 Å². The number of carbonyl (C=O) groups is 1. The van der Waals surface area contributed by atoms with E-state index in [1.807, 2.05) is 0 Å². The van der Waals surface area contributed by atoms with Crippen LogP contribution in [0.2, 0.25) is 0 Å². The first-order valence-electron chi connectivity index (χ1n) is 5.50. The minimum absolute atomic E-state index is 0.0618. The molecule has 3 rings (SSSR count). The molecule has 0 aliphatic heterocycles. The number of pyridine rings is 1. The smallest absolute Gasteiger partial charge is 0.355 e. The van der Waals surface area contributed by atoms with Gasteiger partial charge in [-0.3, -0.25) is 15.1 Å². The number of rotatable bonds is 2. The number of benzene rings is 1. The molecule has 0 aliphatic carbocycles. The Kier molecular flexibility index (Phi) is 2.50. The van der Waals surface area contributed by atoms with Crippen molar-refractivity contribution in [1.29, 1.82) is 0 Å². The van der Waals surface area contributed by atoms with E-state index in [0.717, 1.165) is 0 Å². The number of fused-ring (bicyclic) bond motifs is 3. The van der Waals surface area contributed by atoms with E-state index in [0.29, 0.717) is 0 Å². The summed E-state index contributed by atoms with van der Waals surface area (Å²) in [5.74, 6) is -1.27. The number of non-ortho nitro benzene ring substituents is 1. The summed E-state index contributed by atoms with van der Waals surface area (Å²) >= 11 is 0. The van der Waals surface area contributed by atoms with Gasteiger partial charge in [-0.1, -0.05) is 12.1 Å². The molecule has 2 aromatic heterocycles. The molecular weight excluding hydrogens is 264 g/mol. The van der Waals surface area contributed by atoms with Gasteiger partial charge in [0, 0.05) is 23.8 Å². The maximum atomic E-state index is 11.3. The van der Waals surface area contributed by atoms with Gasteiger partial charge in [0.15, 0.2) is 11.3 Å². The monoisotopic (exact) mass is 270 g/mol. The molecule has 0 saturated heterocycles. The van der Waals surface area contributed by atoms with Gasteiger partial charge >= 0.3 is 5.97 Å². The van der Waals surface area contributed by atoms with Crippen LogP contribution in [-0.4, -0.2) is 31.0 Å². The van der Waals surface area contributed by atoms with Crippen molar-refractivity contribution in [3.05, 3.63) is 46.4 Å². The van der Waals surface area contributed by atoms with E-state index in [-0.39, 0.29) is 33.3 Å². The van der Waals surface area contributed by atoms with Crippen LogP contribution in [0.1, 0.15) is 10.5 Å². The molecule has 0 bridgehead atoms. The second-order valence-corrected chi connectivity index (χ2v) is 3.95. The van der Waals surface area contributed by atoms with Gasteiger partial charge in [-0.05, 0) is 0 Å². The zero-order chi connectivity index (χ0) is 14.3. The maximum absolute atomic E-state index is 11.3. The van der Waals surface area contributed by atoms with Gasteiger partial charge in [0.2, 0.25) is 0 Å². The molecule has 2 heterocycles. The van der Waals surface area contributed by atoms with Crippen molar-refractivity contribution in [1.82, 2.24) is 15.0 Å². The first kappa shape index (κ1) is 11.9. The van der Waals surface area contributed by atoms with Crippen molar-refractivity contribution in [2.24, 2.45) is 0 Å². The molecule has 0 unspecified atom stereocenters. The fourth-order valence-corrected chi connectivity index (χ4v) is 2.06. The third-order valence-electron chi connectivity index (χ3n) is 2.83. The second-order valence-electron chi connectivity index (χ2n) is 3.95. The quantitative estimate of drug-likeness (QED) is 0.428. The molecule has 0 atom stereocenters. The Hall–Kier alpha value is -3.16. The molecule has 8 heteroatoms. The van der Waals surface area contributed by atoms with Crippen LogP contribution >= 0.6 is 0 Å². The van der Waals surface area contributed by atoms with E-state index in [1.165, 1.54) is 30.6 Å². The summed E-state index contributed by atoms with van der Waals surface area (Å²) in [6, 6.07) is 4.17. The van der Waals surface area contributed by atoms with Crippen molar-refractivity contribution in [2.45, 2.75) is 0 Å². The highest BCUT2D eigenvalue weighted by atomic mass is 16.6. The molecule has 1 N–H and O–H groups in total. The number of carboxylic acid groups (broad SMARTS) is 1. The lowest BCUT2D eigenvalue weighted by molar-refractivity contribution is -0.383. The number of nitro groups is 1. The average molecular weight is 270 g/mol. The summed E-state index contributed by atoms with van der Waals surface area (Å²) < 4.78 is 0. The molecule has 0 amide bonds. The van der Waals surface area contributed by atoms with Crippen LogP contribution in [0.15, 0.2) is 30.6 Å². The van der Waals surface area contributed by atoms with E-state index >= 15 is 0 Å². The highest BCUT2D eigenvalue weighted by Crippen LogP contribution is 2.31. The zero-order valence-corrected chi connectivity index (χ0v) is 9.85. The highest BCUT2D eigenvalue weighted by molar-refractivity contribution is 6.14. The fraction of sp³-hybridized carbons (Fsp3) is 0. The molecule has 0 aliphatic rings. The molecule has 3 aromatic rings. The van der Waals surface area contributed by atoms with Gasteiger partial charge in [-0.25, -0.2) is 14.8 Å². The Balaban J connectivity index is 2.63. The Morgan fingerprint density at radius 3 is 2.70 bits per heavy atom. The molecule has 98 valence electrons. The van der Waals surface area contributed by atoms with E-state index < -0.39 is 10.9 Å². The normalized spacial score (nSPS) is 10.8. The third kappa shape index (κ3) is 1.62. The predicted octanol–water partition coefficient (Wildman–Crippen LogP) is 1.78. The van der Waals surface area contributed by atoms with Crippen molar-refractivity contribution >= 4 is 33.6 Å². The van der Waals surface area contributed by atoms with Crippen molar-refractivity contribution in [2.75, 3.05) is 0 Å². The number of aromatic carboxylic acids is 1. The number of nitrogens with zero attached hydrogens (tertiary/aromatic N) is 4.